The van der Waals surface area contributed by atoms with Crippen molar-refractivity contribution in [3.8, 4) is 0 Å². The molecule has 2 aromatic rings. The molecule has 0 saturated carbocycles. The first-order chi connectivity index (χ1) is 10.2. The van der Waals surface area contributed by atoms with E-state index in [9.17, 15) is 9.18 Å². The lowest BCUT2D eigenvalue weighted by Crippen LogP contribution is -2.25. The van der Waals surface area contributed by atoms with Crippen molar-refractivity contribution in [2.24, 2.45) is 0 Å². The Hall–Kier alpha value is -2.23. The maximum Gasteiger partial charge on any atom is 0.220 e. The molecule has 0 aliphatic rings. The van der Waals surface area contributed by atoms with Crippen LogP contribution >= 0.6 is 0 Å². The number of hydrogen-bond acceptors (Lipinski definition) is 2. The van der Waals surface area contributed by atoms with E-state index >= 15 is 0 Å². The lowest BCUT2D eigenvalue weighted by atomic mass is 10.1. The van der Waals surface area contributed by atoms with Gasteiger partial charge < -0.3 is 5.32 Å². The van der Waals surface area contributed by atoms with Gasteiger partial charge in [-0.2, -0.15) is 0 Å². The Morgan fingerprint density at radius 3 is 2.76 bits per heavy atom. The van der Waals surface area contributed by atoms with Crippen molar-refractivity contribution in [3.05, 3.63) is 65.7 Å². The molecule has 0 saturated heterocycles. The monoisotopic (exact) mass is 286 g/mol. The van der Waals surface area contributed by atoms with Crippen LogP contribution in [0.1, 0.15) is 24.0 Å². The lowest BCUT2D eigenvalue weighted by Gasteiger charge is -2.05. The highest BCUT2D eigenvalue weighted by Crippen LogP contribution is 2.06. The van der Waals surface area contributed by atoms with Gasteiger partial charge in [0.25, 0.3) is 0 Å². The largest absolute Gasteiger partial charge is 0.356 e. The number of pyridine rings is 1. The average Bonchev–Trinajstić information content (AvgIpc) is 2.51. The number of nitrogens with zero attached hydrogens (tertiary/aromatic N) is 1. The topological polar surface area (TPSA) is 42.0 Å². The fourth-order valence-electron chi connectivity index (χ4n) is 2.11. The van der Waals surface area contributed by atoms with Crippen LogP contribution in [0.3, 0.4) is 0 Å². The average molecular weight is 286 g/mol. The van der Waals surface area contributed by atoms with E-state index < -0.39 is 0 Å². The third-order valence-corrected chi connectivity index (χ3v) is 3.22. The van der Waals surface area contributed by atoms with Crippen LogP contribution in [0, 0.1) is 5.82 Å². The number of carbonyl (C=O) groups excluding carboxylic acids is 1. The molecule has 1 N–H and O–H groups in total. The highest BCUT2D eigenvalue weighted by molar-refractivity contribution is 5.76. The van der Waals surface area contributed by atoms with Gasteiger partial charge in [0.05, 0.1) is 0 Å². The van der Waals surface area contributed by atoms with Crippen LogP contribution in [0.5, 0.6) is 0 Å². The fourth-order valence-corrected chi connectivity index (χ4v) is 2.11. The zero-order valence-electron chi connectivity index (χ0n) is 11.9. The number of amides is 1. The van der Waals surface area contributed by atoms with E-state index in [0.29, 0.717) is 19.4 Å². The summed E-state index contributed by atoms with van der Waals surface area (Å²) < 4.78 is 13.0. The smallest absolute Gasteiger partial charge is 0.220 e. The SMILES string of the molecule is O=C(CCc1cccc(F)c1)NCCCc1cccnc1. The van der Waals surface area contributed by atoms with E-state index in [-0.39, 0.29) is 11.7 Å². The summed E-state index contributed by atoms with van der Waals surface area (Å²) >= 11 is 0. The van der Waals surface area contributed by atoms with Crippen LogP contribution in [0.15, 0.2) is 48.8 Å². The molecule has 0 aliphatic heterocycles. The molecule has 3 nitrogen and oxygen atoms in total. The van der Waals surface area contributed by atoms with E-state index in [1.54, 1.807) is 12.3 Å². The molecule has 1 aromatic carbocycles. The van der Waals surface area contributed by atoms with Gasteiger partial charge in [0.2, 0.25) is 5.91 Å². The normalized spacial score (nSPS) is 10.3. The zero-order chi connectivity index (χ0) is 14.9. The second-order valence-corrected chi connectivity index (χ2v) is 4.94. The number of nitrogens with one attached hydrogen (secondary N) is 1. The van der Waals surface area contributed by atoms with E-state index in [1.807, 2.05) is 24.4 Å². The van der Waals surface area contributed by atoms with Crippen molar-refractivity contribution < 1.29 is 9.18 Å². The quantitative estimate of drug-likeness (QED) is 0.795. The highest BCUT2D eigenvalue weighted by Gasteiger charge is 2.02. The second-order valence-electron chi connectivity index (χ2n) is 4.94. The van der Waals surface area contributed by atoms with Crippen LogP contribution in [0.25, 0.3) is 0 Å². The van der Waals surface area contributed by atoms with Crippen molar-refractivity contribution in [2.75, 3.05) is 6.54 Å². The van der Waals surface area contributed by atoms with Gasteiger partial charge in [-0.1, -0.05) is 18.2 Å². The highest BCUT2D eigenvalue weighted by atomic mass is 19.1. The summed E-state index contributed by atoms with van der Waals surface area (Å²) in [7, 11) is 0. The maximum atomic E-state index is 13.0. The molecule has 0 fully saturated rings. The first-order valence-corrected chi connectivity index (χ1v) is 7.14. The summed E-state index contributed by atoms with van der Waals surface area (Å²) in [4.78, 5) is 15.7. The molecule has 1 heterocycles. The summed E-state index contributed by atoms with van der Waals surface area (Å²) in [5.74, 6) is -0.255. The van der Waals surface area contributed by atoms with Gasteiger partial charge in [-0.25, -0.2) is 4.39 Å². The molecule has 0 aliphatic carbocycles. The molecule has 1 aromatic heterocycles. The van der Waals surface area contributed by atoms with Gasteiger partial charge in [0.15, 0.2) is 0 Å². The molecular weight excluding hydrogens is 267 g/mol. The predicted octanol–water partition coefficient (Wildman–Crippen LogP) is 2.90. The third kappa shape index (κ3) is 5.73. The third-order valence-electron chi connectivity index (χ3n) is 3.22. The van der Waals surface area contributed by atoms with E-state index in [2.05, 4.69) is 10.3 Å². The van der Waals surface area contributed by atoms with E-state index in [0.717, 1.165) is 18.4 Å². The van der Waals surface area contributed by atoms with Crippen LogP contribution in [-0.2, 0) is 17.6 Å². The van der Waals surface area contributed by atoms with Gasteiger partial charge in [-0.15, -0.1) is 0 Å². The summed E-state index contributed by atoms with van der Waals surface area (Å²) in [5.41, 5.74) is 2.02. The van der Waals surface area contributed by atoms with E-state index in [1.165, 1.54) is 17.7 Å². The number of rotatable bonds is 7. The minimum atomic E-state index is -0.260. The second kappa shape index (κ2) is 8.15. The predicted molar refractivity (Wildman–Crippen MR) is 80.3 cm³/mol. The van der Waals surface area contributed by atoms with Gasteiger partial charge in [0.1, 0.15) is 5.82 Å². The molecular formula is C17H19FN2O. The lowest BCUT2D eigenvalue weighted by molar-refractivity contribution is -0.121. The molecule has 0 bridgehead atoms. The number of aromatic nitrogens is 1. The van der Waals surface area contributed by atoms with Gasteiger partial charge in [-0.05, 0) is 48.6 Å². The van der Waals surface area contributed by atoms with Crippen molar-refractivity contribution in [1.29, 1.82) is 0 Å². The number of halogens is 1. The van der Waals surface area contributed by atoms with Crippen LogP contribution < -0.4 is 5.32 Å². The fraction of sp³-hybridized carbons (Fsp3) is 0.294. The Morgan fingerprint density at radius 1 is 1.14 bits per heavy atom. The van der Waals surface area contributed by atoms with Gasteiger partial charge in [0, 0.05) is 25.4 Å². The number of benzene rings is 1. The summed E-state index contributed by atoms with van der Waals surface area (Å²) in [6, 6.07) is 10.3. The molecule has 2 rings (SSSR count). The minimum Gasteiger partial charge on any atom is -0.356 e. The van der Waals surface area contributed by atoms with Crippen LogP contribution in [-0.4, -0.2) is 17.4 Å². The first-order valence-electron chi connectivity index (χ1n) is 7.14. The summed E-state index contributed by atoms with van der Waals surface area (Å²) in [6.07, 6.45) is 6.32. The standard InChI is InChI=1S/C17H19FN2O/c18-16-7-1-4-14(12-16)8-9-17(21)20-11-3-6-15-5-2-10-19-13-15/h1-2,4-5,7,10,12-13H,3,6,8-9,11H2,(H,20,21). The molecule has 21 heavy (non-hydrogen) atoms. The Labute approximate surface area is 124 Å². The Bertz CT molecular complexity index is 572. The van der Waals surface area contributed by atoms with Gasteiger partial charge >= 0.3 is 0 Å². The molecule has 1 amide bonds. The maximum absolute atomic E-state index is 13.0. The number of aryl methyl sites for hydroxylation is 2. The van der Waals surface area contributed by atoms with Crippen molar-refractivity contribution in [2.45, 2.75) is 25.7 Å². The Kier molecular flexibility index (Phi) is 5.88. The molecule has 4 heteroatoms. The van der Waals surface area contributed by atoms with Crippen molar-refractivity contribution >= 4 is 5.91 Å². The summed E-state index contributed by atoms with van der Waals surface area (Å²) in [6.45, 7) is 0.650. The van der Waals surface area contributed by atoms with Crippen molar-refractivity contribution in [1.82, 2.24) is 10.3 Å². The Morgan fingerprint density at radius 2 is 2.00 bits per heavy atom. The number of carbonyl (C=O) groups is 1. The first kappa shape index (κ1) is 15.2. The molecule has 0 unspecified atom stereocenters. The zero-order valence-corrected chi connectivity index (χ0v) is 11.9. The Balaban J connectivity index is 1.62. The van der Waals surface area contributed by atoms with E-state index in [4.69, 9.17) is 0 Å². The molecule has 110 valence electrons. The van der Waals surface area contributed by atoms with Crippen LogP contribution in [0.4, 0.5) is 4.39 Å². The molecule has 0 radical (unpaired) electrons. The van der Waals surface area contributed by atoms with Crippen molar-refractivity contribution in [3.63, 3.8) is 0 Å². The van der Waals surface area contributed by atoms with Crippen LogP contribution in [0.2, 0.25) is 0 Å². The summed E-state index contributed by atoms with van der Waals surface area (Å²) in [5, 5.41) is 2.88. The van der Waals surface area contributed by atoms with Gasteiger partial charge in [-0.3, -0.25) is 9.78 Å². The number of hydrogen-bond donors (Lipinski definition) is 1. The molecule has 0 spiro atoms. The minimum absolute atomic E-state index is 0.00504. The molecule has 0 atom stereocenters.